The molecule has 2 aromatic heterocycles. The summed E-state index contributed by atoms with van der Waals surface area (Å²) in [5.74, 6) is -0.640. The first kappa shape index (κ1) is 14.3. The lowest BCUT2D eigenvalue weighted by Gasteiger charge is -2.06. The predicted molar refractivity (Wildman–Crippen MR) is 73.2 cm³/mol. The highest BCUT2D eigenvalue weighted by Gasteiger charge is 2.16. The van der Waals surface area contributed by atoms with E-state index in [0.29, 0.717) is 5.69 Å². The van der Waals surface area contributed by atoms with E-state index in [9.17, 15) is 14.9 Å². The molecular formula is C12H12N6O3. The molecule has 0 unspecified atom stereocenters. The van der Waals surface area contributed by atoms with Crippen molar-refractivity contribution >= 4 is 17.4 Å². The summed E-state index contributed by atoms with van der Waals surface area (Å²) in [5.41, 5.74) is 6.53. The van der Waals surface area contributed by atoms with Gasteiger partial charge in [-0.3, -0.25) is 24.9 Å². The Kier molecular flexibility index (Phi) is 4.02. The molecule has 0 aliphatic rings. The van der Waals surface area contributed by atoms with Crippen molar-refractivity contribution in [2.75, 3.05) is 5.73 Å². The van der Waals surface area contributed by atoms with E-state index in [1.165, 1.54) is 6.20 Å². The Bertz CT molecular complexity index is 686. The number of nitrogens with zero attached hydrogens (tertiary/aromatic N) is 4. The number of anilines is 1. The van der Waals surface area contributed by atoms with Crippen LogP contribution in [0.2, 0.25) is 0 Å². The molecule has 0 radical (unpaired) electrons. The van der Waals surface area contributed by atoms with Crippen LogP contribution in [0.15, 0.2) is 24.7 Å². The predicted octanol–water partition coefficient (Wildman–Crippen LogP) is 0.600. The molecule has 108 valence electrons. The van der Waals surface area contributed by atoms with Crippen LogP contribution in [0.3, 0.4) is 0 Å². The van der Waals surface area contributed by atoms with Crippen molar-refractivity contribution in [3.8, 4) is 0 Å². The van der Waals surface area contributed by atoms with Gasteiger partial charge in [0.15, 0.2) is 0 Å². The number of hydrogen-bond donors (Lipinski definition) is 2. The fraction of sp³-hybridized carbons (Fsp3) is 0.167. The quantitative estimate of drug-likeness (QED) is 0.620. The number of aromatic nitrogens is 3. The van der Waals surface area contributed by atoms with Gasteiger partial charge in [-0.15, -0.1) is 0 Å². The van der Waals surface area contributed by atoms with Gasteiger partial charge in [0.25, 0.3) is 11.6 Å². The highest BCUT2D eigenvalue weighted by Crippen LogP contribution is 2.16. The van der Waals surface area contributed by atoms with Crippen LogP contribution >= 0.6 is 0 Å². The van der Waals surface area contributed by atoms with Crippen molar-refractivity contribution in [2.24, 2.45) is 0 Å². The van der Waals surface area contributed by atoms with Crippen molar-refractivity contribution < 1.29 is 9.72 Å². The maximum Gasteiger partial charge on any atom is 0.288 e. The molecule has 0 atom stereocenters. The van der Waals surface area contributed by atoms with E-state index in [2.05, 4.69) is 20.3 Å². The highest BCUT2D eigenvalue weighted by atomic mass is 16.6. The van der Waals surface area contributed by atoms with Gasteiger partial charge in [-0.2, -0.15) is 0 Å². The summed E-state index contributed by atoms with van der Waals surface area (Å²) in [6.45, 7) is 1.93. The molecule has 0 bridgehead atoms. The minimum absolute atomic E-state index is 0.0516. The monoisotopic (exact) mass is 288 g/mol. The van der Waals surface area contributed by atoms with Gasteiger partial charge in [0.1, 0.15) is 12.0 Å². The lowest BCUT2D eigenvalue weighted by Crippen LogP contribution is -2.24. The smallest absolute Gasteiger partial charge is 0.288 e. The topological polar surface area (TPSA) is 137 Å². The first-order valence-corrected chi connectivity index (χ1v) is 5.93. The van der Waals surface area contributed by atoms with Crippen LogP contribution in [-0.2, 0) is 6.54 Å². The number of amides is 1. The summed E-state index contributed by atoms with van der Waals surface area (Å²) in [6.07, 6.45) is 4.10. The Morgan fingerprint density at radius 2 is 2.10 bits per heavy atom. The maximum atomic E-state index is 12.0. The number of nitrogens with two attached hydrogens (primary N) is 1. The number of hydrogen-bond acceptors (Lipinski definition) is 7. The van der Waals surface area contributed by atoms with E-state index in [-0.39, 0.29) is 23.6 Å². The molecular weight excluding hydrogens is 276 g/mol. The standard InChI is InChI=1S/C12H12N6O3/c1-7-3-15-8(4-14-7)5-17-12(19)10-2-9(18(20)21)6-16-11(10)13/h2-4,6H,5H2,1H3,(H2,13,16)(H,17,19). The van der Waals surface area contributed by atoms with Crippen molar-refractivity contribution in [3.05, 3.63) is 51.7 Å². The van der Waals surface area contributed by atoms with Crippen molar-refractivity contribution in [3.63, 3.8) is 0 Å². The van der Waals surface area contributed by atoms with Gasteiger partial charge in [0, 0.05) is 12.3 Å². The minimum atomic E-state index is -0.644. The highest BCUT2D eigenvalue weighted by molar-refractivity contribution is 5.98. The Labute approximate surface area is 119 Å². The molecule has 2 rings (SSSR count). The molecule has 1 amide bonds. The van der Waals surface area contributed by atoms with E-state index in [1.54, 1.807) is 13.1 Å². The molecule has 0 saturated heterocycles. The average molecular weight is 288 g/mol. The van der Waals surface area contributed by atoms with Crippen LogP contribution in [0.1, 0.15) is 21.7 Å². The molecule has 2 aromatic rings. The largest absolute Gasteiger partial charge is 0.383 e. The van der Waals surface area contributed by atoms with Crippen LogP contribution in [-0.4, -0.2) is 25.8 Å². The molecule has 0 aliphatic heterocycles. The Balaban J connectivity index is 2.11. The van der Waals surface area contributed by atoms with E-state index in [1.807, 2.05) is 0 Å². The molecule has 21 heavy (non-hydrogen) atoms. The zero-order chi connectivity index (χ0) is 15.4. The number of nitro groups is 1. The number of aryl methyl sites for hydroxylation is 1. The number of carbonyl (C=O) groups is 1. The second kappa shape index (κ2) is 5.90. The number of pyridine rings is 1. The van der Waals surface area contributed by atoms with Crippen LogP contribution in [0.25, 0.3) is 0 Å². The van der Waals surface area contributed by atoms with Crippen LogP contribution in [0.5, 0.6) is 0 Å². The summed E-state index contributed by atoms with van der Waals surface area (Å²) >= 11 is 0. The zero-order valence-electron chi connectivity index (χ0n) is 11.1. The molecule has 9 nitrogen and oxygen atoms in total. The van der Waals surface area contributed by atoms with Crippen LogP contribution < -0.4 is 11.1 Å². The maximum absolute atomic E-state index is 12.0. The summed E-state index contributed by atoms with van der Waals surface area (Å²) in [7, 11) is 0. The Morgan fingerprint density at radius 1 is 1.33 bits per heavy atom. The Morgan fingerprint density at radius 3 is 2.71 bits per heavy atom. The van der Waals surface area contributed by atoms with Gasteiger partial charge in [-0.05, 0) is 6.92 Å². The summed E-state index contributed by atoms with van der Waals surface area (Å²) in [6, 6.07) is 1.08. The fourth-order valence-electron chi connectivity index (χ4n) is 1.52. The van der Waals surface area contributed by atoms with Gasteiger partial charge < -0.3 is 11.1 Å². The van der Waals surface area contributed by atoms with E-state index in [4.69, 9.17) is 5.73 Å². The summed E-state index contributed by atoms with van der Waals surface area (Å²) in [4.78, 5) is 33.8. The molecule has 9 heteroatoms. The Hall–Kier alpha value is -3.10. The van der Waals surface area contributed by atoms with Crippen molar-refractivity contribution in [1.82, 2.24) is 20.3 Å². The van der Waals surface area contributed by atoms with Crippen molar-refractivity contribution in [2.45, 2.75) is 13.5 Å². The van der Waals surface area contributed by atoms with E-state index < -0.39 is 10.8 Å². The van der Waals surface area contributed by atoms with Crippen molar-refractivity contribution in [1.29, 1.82) is 0 Å². The lowest BCUT2D eigenvalue weighted by atomic mass is 10.2. The molecule has 3 N–H and O–H groups in total. The molecule has 0 aromatic carbocycles. The number of rotatable bonds is 4. The number of nitrogens with one attached hydrogen (secondary N) is 1. The lowest BCUT2D eigenvalue weighted by molar-refractivity contribution is -0.385. The number of nitrogen functional groups attached to an aromatic ring is 1. The van der Waals surface area contributed by atoms with Crippen LogP contribution in [0.4, 0.5) is 11.5 Å². The van der Waals surface area contributed by atoms with Crippen LogP contribution in [0, 0.1) is 17.0 Å². The molecule has 0 aliphatic carbocycles. The zero-order valence-corrected chi connectivity index (χ0v) is 11.1. The number of carbonyl (C=O) groups excluding carboxylic acids is 1. The molecule has 2 heterocycles. The molecule has 0 saturated carbocycles. The molecule has 0 fully saturated rings. The minimum Gasteiger partial charge on any atom is -0.383 e. The second-order valence-electron chi connectivity index (χ2n) is 4.22. The average Bonchev–Trinajstić information content (AvgIpc) is 2.46. The second-order valence-corrected chi connectivity index (χ2v) is 4.22. The third kappa shape index (κ3) is 3.47. The van der Waals surface area contributed by atoms with E-state index in [0.717, 1.165) is 18.0 Å². The summed E-state index contributed by atoms with van der Waals surface area (Å²) < 4.78 is 0. The van der Waals surface area contributed by atoms with Gasteiger partial charge in [0.2, 0.25) is 0 Å². The third-order valence-corrected chi connectivity index (χ3v) is 2.62. The fourth-order valence-corrected chi connectivity index (χ4v) is 1.52. The third-order valence-electron chi connectivity index (χ3n) is 2.62. The normalized spacial score (nSPS) is 10.1. The first-order valence-electron chi connectivity index (χ1n) is 5.93. The van der Waals surface area contributed by atoms with Gasteiger partial charge in [0.05, 0.1) is 34.6 Å². The summed E-state index contributed by atoms with van der Waals surface area (Å²) in [5, 5.41) is 13.2. The van der Waals surface area contributed by atoms with Gasteiger partial charge in [-0.1, -0.05) is 0 Å². The SMILES string of the molecule is Cc1cnc(CNC(=O)c2cc([N+](=O)[O-])cnc2N)cn1. The van der Waals surface area contributed by atoms with E-state index >= 15 is 0 Å². The first-order chi connectivity index (χ1) is 9.97. The van der Waals surface area contributed by atoms with Gasteiger partial charge in [-0.25, -0.2) is 4.98 Å². The molecule has 0 spiro atoms. The van der Waals surface area contributed by atoms with Gasteiger partial charge >= 0.3 is 0 Å².